The molecule has 2 unspecified atom stereocenters. The number of piperazine rings is 1. The maximum atomic E-state index is 12.6. The molecule has 2 fully saturated rings. The molecule has 108 valence electrons. The quantitative estimate of drug-likeness (QED) is 0.784. The highest BCUT2D eigenvalue weighted by molar-refractivity contribution is 5.96. The van der Waals surface area contributed by atoms with Gasteiger partial charge in [-0.2, -0.15) is 0 Å². The Hall–Kier alpha value is -1.06. The molecule has 2 aliphatic rings. The van der Waals surface area contributed by atoms with Crippen molar-refractivity contribution in [1.82, 2.24) is 9.80 Å². The number of carbonyl (C=O) groups is 2. The molecule has 0 aromatic heterocycles. The normalized spacial score (nSPS) is 28.6. The first-order valence-corrected chi connectivity index (χ1v) is 7.48. The Bertz CT molecular complexity index is 378. The van der Waals surface area contributed by atoms with E-state index in [1.54, 1.807) is 0 Å². The molecular formula is C15H26N2O2. The molecule has 2 rings (SSSR count). The first kappa shape index (κ1) is 14.4. The third kappa shape index (κ3) is 2.63. The van der Waals surface area contributed by atoms with Crippen LogP contribution in [-0.4, -0.2) is 46.8 Å². The van der Waals surface area contributed by atoms with E-state index in [-0.39, 0.29) is 29.3 Å². The molecule has 0 aromatic rings. The number of nitrogens with zero attached hydrogens (tertiary/aromatic N) is 2. The van der Waals surface area contributed by atoms with Gasteiger partial charge < -0.3 is 9.80 Å². The molecule has 0 radical (unpaired) electrons. The van der Waals surface area contributed by atoms with Crippen molar-refractivity contribution >= 4 is 11.8 Å². The number of hydrogen-bond acceptors (Lipinski definition) is 2. The summed E-state index contributed by atoms with van der Waals surface area (Å²) in [5.74, 6) is 0.296. The Labute approximate surface area is 116 Å². The van der Waals surface area contributed by atoms with Gasteiger partial charge in [-0.25, -0.2) is 0 Å². The average Bonchev–Trinajstić information content (AvgIpc) is 2.41. The highest BCUT2D eigenvalue weighted by Crippen LogP contribution is 2.30. The molecule has 0 saturated carbocycles. The summed E-state index contributed by atoms with van der Waals surface area (Å²) in [4.78, 5) is 28.7. The van der Waals surface area contributed by atoms with Gasteiger partial charge in [0, 0.05) is 13.1 Å². The zero-order valence-electron chi connectivity index (χ0n) is 12.6. The van der Waals surface area contributed by atoms with E-state index in [0.717, 1.165) is 32.2 Å². The predicted molar refractivity (Wildman–Crippen MR) is 74.6 cm³/mol. The van der Waals surface area contributed by atoms with Crippen molar-refractivity contribution < 1.29 is 9.59 Å². The molecule has 4 nitrogen and oxygen atoms in total. The molecule has 2 aliphatic heterocycles. The van der Waals surface area contributed by atoms with Crippen LogP contribution in [0, 0.1) is 5.41 Å². The van der Waals surface area contributed by atoms with Gasteiger partial charge in [0.05, 0.1) is 0 Å². The van der Waals surface area contributed by atoms with Gasteiger partial charge in [0.15, 0.2) is 0 Å². The average molecular weight is 266 g/mol. The molecular weight excluding hydrogens is 240 g/mol. The second-order valence-corrected chi connectivity index (χ2v) is 6.70. The third-order valence-electron chi connectivity index (χ3n) is 4.73. The smallest absolute Gasteiger partial charge is 0.246 e. The summed E-state index contributed by atoms with van der Waals surface area (Å²) < 4.78 is 0. The Kier molecular flexibility index (Phi) is 3.88. The molecule has 0 spiro atoms. The summed E-state index contributed by atoms with van der Waals surface area (Å²) in [5.41, 5.74) is 0.0705. The van der Waals surface area contributed by atoms with Gasteiger partial charge in [0.25, 0.3) is 0 Å². The van der Waals surface area contributed by atoms with Gasteiger partial charge in [-0.15, -0.1) is 0 Å². The van der Waals surface area contributed by atoms with Gasteiger partial charge in [-0.05, 0) is 38.0 Å². The van der Waals surface area contributed by atoms with Crippen LogP contribution in [0.2, 0.25) is 0 Å². The number of hydrogen-bond donors (Lipinski definition) is 0. The predicted octanol–water partition coefficient (Wildman–Crippen LogP) is 2.03. The molecule has 2 amide bonds. The fourth-order valence-corrected chi connectivity index (χ4v) is 3.00. The van der Waals surface area contributed by atoms with Crippen LogP contribution in [0.3, 0.4) is 0 Å². The summed E-state index contributed by atoms with van der Waals surface area (Å²) in [7, 11) is 0. The largest absolute Gasteiger partial charge is 0.329 e. The fraction of sp³-hybridized carbons (Fsp3) is 0.867. The minimum atomic E-state index is -0.298. The molecule has 2 atom stereocenters. The van der Waals surface area contributed by atoms with Gasteiger partial charge >= 0.3 is 0 Å². The van der Waals surface area contributed by atoms with Crippen LogP contribution in [0.4, 0.5) is 0 Å². The number of rotatable bonds is 3. The first-order chi connectivity index (χ1) is 8.87. The minimum absolute atomic E-state index is 0.0705. The van der Waals surface area contributed by atoms with Gasteiger partial charge in [0.1, 0.15) is 12.1 Å². The Morgan fingerprint density at radius 1 is 1.21 bits per heavy atom. The number of amides is 2. The van der Waals surface area contributed by atoms with Crippen molar-refractivity contribution in [2.24, 2.45) is 5.41 Å². The number of fused-ring (bicyclic) bond motifs is 1. The third-order valence-corrected chi connectivity index (χ3v) is 4.73. The van der Waals surface area contributed by atoms with Crippen molar-refractivity contribution in [1.29, 1.82) is 0 Å². The molecule has 0 aromatic carbocycles. The molecule has 4 heteroatoms. The molecule has 2 saturated heterocycles. The lowest BCUT2D eigenvalue weighted by atomic mass is 9.87. The fourth-order valence-electron chi connectivity index (χ4n) is 3.00. The van der Waals surface area contributed by atoms with E-state index < -0.39 is 0 Å². The van der Waals surface area contributed by atoms with E-state index in [4.69, 9.17) is 0 Å². The van der Waals surface area contributed by atoms with Gasteiger partial charge in [0.2, 0.25) is 11.8 Å². The molecule has 0 N–H and O–H groups in total. The lowest BCUT2D eigenvalue weighted by Crippen LogP contribution is -2.66. The van der Waals surface area contributed by atoms with E-state index in [2.05, 4.69) is 20.8 Å². The van der Waals surface area contributed by atoms with Crippen LogP contribution in [0.25, 0.3) is 0 Å². The summed E-state index contributed by atoms with van der Waals surface area (Å²) in [6.07, 6.45) is 3.93. The zero-order valence-corrected chi connectivity index (χ0v) is 12.6. The van der Waals surface area contributed by atoms with Crippen LogP contribution >= 0.6 is 0 Å². The van der Waals surface area contributed by atoms with E-state index in [1.807, 2.05) is 16.7 Å². The highest BCUT2D eigenvalue weighted by atomic mass is 16.2. The lowest BCUT2D eigenvalue weighted by Gasteiger charge is -2.47. The molecule has 2 heterocycles. The standard InChI is InChI=1S/C15H26N2O2/c1-5-15(3,4)10-17-11(2)13(18)16-9-7-6-8-12(16)14(17)19/h11-12H,5-10H2,1-4H3. The Morgan fingerprint density at radius 2 is 1.89 bits per heavy atom. The Balaban J connectivity index is 2.20. The number of carbonyl (C=O) groups excluding carboxylic acids is 2. The van der Waals surface area contributed by atoms with Crippen LogP contribution < -0.4 is 0 Å². The maximum absolute atomic E-state index is 12.6. The van der Waals surface area contributed by atoms with Crippen LogP contribution in [0.1, 0.15) is 53.4 Å². The van der Waals surface area contributed by atoms with E-state index >= 15 is 0 Å². The van der Waals surface area contributed by atoms with Crippen LogP contribution in [-0.2, 0) is 9.59 Å². The Morgan fingerprint density at radius 3 is 2.53 bits per heavy atom. The second-order valence-electron chi connectivity index (χ2n) is 6.70. The van der Waals surface area contributed by atoms with Gasteiger partial charge in [-0.1, -0.05) is 20.8 Å². The van der Waals surface area contributed by atoms with E-state index in [0.29, 0.717) is 6.54 Å². The van der Waals surface area contributed by atoms with Crippen molar-refractivity contribution in [3.8, 4) is 0 Å². The monoisotopic (exact) mass is 266 g/mol. The maximum Gasteiger partial charge on any atom is 0.246 e. The summed E-state index contributed by atoms with van der Waals surface area (Å²) in [6, 6.07) is -0.488. The van der Waals surface area contributed by atoms with Crippen LogP contribution in [0.15, 0.2) is 0 Å². The summed E-state index contributed by atoms with van der Waals surface area (Å²) in [5, 5.41) is 0. The molecule has 0 bridgehead atoms. The van der Waals surface area contributed by atoms with Crippen molar-refractivity contribution in [2.75, 3.05) is 13.1 Å². The highest BCUT2D eigenvalue weighted by Gasteiger charge is 2.45. The van der Waals surface area contributed by atoms with E-state index in [9.17, 15) is 9.59 Å². The van der Waals surface area contributed by atoms with Gasteiger partial charge in [-0.3, -0.25) is 9.59 Å². The zero-order chi connectivity index (χ0) is 14.2. The SMILES string of the molecule is CCC(C)(C)CN1C(=O)C2CCCCN2C(=O)C1C. The summed E-state index contributed by atoms with van der Waals surface area (Å²) in [6.45, 7) is 9.75. The van der Waals surface area contributed by atoms with Crippen molar-refractivity contribution in [3.05, 3.63) is 0 Å². The lowest BCUT2D eigenvalue weighted by molar-refractivity contribution is -0.164. The topological polar surface area (TPSA) is 40.6 Å². The first-order valence-electron chi connectivity index (χ1n) is 7.48. The minimum Gasteiger partial charge on any atom is -0.329 e. The number of piperidine rings is 1. The van der Waals surface area contributed by atoms with Crippen molar-refractivity contribution in [3.63, 3.8) is 0 Å². The van der Waals surface area contributed by atoms with Crippen LogP contribution in [0.5, 0.6) is 0 Å². The van der Waals surface area contributed by atoms with Crippen molar-refractivity contribution in [2.45, 2.75) is 65.5 Å². The van der Waals surface area contributed by atoms with E-state index in [1.165, 1.54) is 0 Å². The summed E-state index contributed by atoms with van der Waals surface area (Å²) >= 11 is 0. The molecule has 0 aliphatic carbocycles. The molecule has 19 heavy (non-hydrogen) atoms. The second kappa shape index (κ2) is 5.14.